The highest BCUT2D eigenvalue weighted by Gasteiger charge is 2.31. The van der Waals surface area contributed by atoms with Crippen LogP contribution in [0.3, 0.4) is 0 Å². The van der Waals surface area contributed by atoms with E-state index in [1.54, 1.807) is 11.3 Å². The molecule has 1 aromatic carbocycles. The van der Waals surface area contributed by atoms with Gasteiger partial charge in [0.25, 0.3) is 0 Å². The number of aliphatic imine (C=N–C) groups is 1. The van der Waals surface area contributed by atoms with E-state index in [9.17, 15) is 0 Å². The van der Waals surface area contributed by atoms with Crippen molar-refractivity contribution in [1.82, 2.24) is 14.8 Å². The zero-order valence-electron chi connectivity index (χ0n) is 15.2. The molecule has 1 aliphatic rings. The van der Waals surface area contributed by atoms with Crippen LogP contribution in [0.15, 0.2) is 29.3 Å². The molecule has 0 unspecified atom stereocenters. The predicted molar refractivity (Wildman–Crippen MR) is 122 cm³/mol. The van der Waals surface area contributed by atoms with Gasteiger partial charge in [0.2, 0.25) is 0 Å². The molecule has 27 heavy (non-hydrogen) atoms. The van der Waals surface area contributed by atoms with Gasteiger partial charge in [-0.3, -0.25) is 9.56 Å². The number of hydrogen-bond acceptors (Lipinski definition) is 5. The Labute approximate surface area is 180 Å². The molecule has 0 bridgehead atoms. The summed E-state index contributed by atoms with van der Waals surface area (Å²) in [6, 6.07) is 8.19. The highest BCUT2D eigenvalue weighted by atomic mass is 127. The largest absolute Gasteiger partial charge is 0.393 e. The van der Waals surface area contributed by atoms with Crippen molar-refractivity contribution in [3.05, 3.63) is 61.1 Å². The van der Waals surface area contributed by atoms with E-state index >= 15 is 0 Å². The molecule has 0 fully saturated rings. The Hall–Kier alpha value is -1.65. The monoisotopic (exact) mass is 507 g/mol. The third kappa shape index (κ3) is 3.23. The van der Waals surface area contributed by atoms with Crippen LogP contribution in [0.1, 0.15) is 45.7 Å². The van der Waals surface area contributed by atoms with Gasteiger partial charge >= 0.3 is 0 Å². The van der Waals surface area contributed by atoms with Gasteiger partial charge in [0.15, 0.2) is 5.82 Å². The number of nitrogens with two attached hydrogens (primary N) is 1. The summed E-state index contributed by atoms with van der Waals surface area (Å²) in [6.07, 6.45) is 0.467. The Morgan fingerprint density at radius 1 is 1.22 bits per heavy atom. The number of thiophene rings is 1. The van der Waals surface area contributed by atoms with Crippen molar-refractivity contribution < 1.29 is 0 Å². The maximum absolute atomic E-state index is 5.88. The molecule has 8 heteroatoms. The molecule has 3 heterocycles. The molecular weight excluding hydrogens is 489 g/mol. The van der Waals surface area contributed by atoms with E-state index in [1.807, 2.05) is 6.92 Å². The summed E-state index contributed by atoms with van der Waals surface area (Å²) < 4.78 is 3.31. The van der Waals surface area contributed by atoms with Gasteiger partial charge in [0.05, 0.1) is 10.7 Å². The second-order valence-electron chi connectivity index (χ2n) is 6.58. The topological polar surface area (TPSA) is 69.1 Å². The van der Waals surface area contributed by atoms with Crippen LogP contribution in [0.25, 0.3) is 5.00 Å². The Bertz CT molecular complexity index is 1080. The molecule has 0 aliphatic carbocycles. The lowest BCUT2D eigenvalue weighted by Crippen LogP contribution is -2.15. The van der Waals surface area contributed by atoms with Gasteiger partial charge in [-0.05, 0) is 61.1 Å². The Kier molecular flexibility index (Phi) is 4.89. The van der Waals surface area contributed by atoms with Crippen LogP contribution < -0.4 is 5.73 Å². The van der Waals surface area contributed by atoms with Crippen molar-refractivity contribution in [2.45, 2.75) is 33.2 Å². The molecule has 0 saturated carbocycles. The minimum absolute atomic E-state index is 0.253. The predicted octanol–water partition coefficient (Wildman–Crippen LogP) is 4.43. The number of hydrogen-bond donors (Lipinski definition) is 1. The first-order chi connectivity index (χ1) is 12.9. The van der Waals surface area contributed by atoms with E-state index in [2.05, 4.69) is 75.5 Å². The molecular formula is C19H18IN5S2. The number of halogens is 1. The molecule has 0 amide bonds. The molecule has 4 rings (SSSR count). The Morgan fingerprint density at radius 3 is 2.59 bits per heavy atom. The number of benzene rings is 1. The quantitative estimate of drug-likeness (QED) is 0.421. The van der Waals surface area contributed by atoms with Crippen molar-refractivity contribution in [2.75, 3.05) is 0 Å². The fourth-order valence-electron chi connectivity index (χ4n) is 3.32. The molecule has 138 valence electrons. The summed E-state index contributed by atoms with van der Waals surface area (Å²) in [4.78, 5) is 6.81. The van der Waals surface area contributed by atoms with Gasteiger partial charge in [-0.25, -0.2) is 0 Å². The highest BCUT2D eigenvalue weighted by Crippen LogP contribution is 2.39. The van der Waals surface area contributed by atoms with E-state index in [-0.39, 0.29) is 6.04 Å². The van der Waals surface area contributed by atoms with Crippen molar-refractivity contribution in [2.24, 2.45) is 10.7 Å². The minimum Gasteiger partial charge on any atom is -0.393 e. The molecule has 1 atom stereocenters. The first-order valence-electron chi connectivity index (χ1n) is 8.51. The number of thiocarbonyl (C=S) groups is 1. The number of aromatic nitrogens is 3. The van der Waals surface area contributed by atoms with Crippen LogP contribution in [0.2, 0.25) is 0 Å². The van der Waals surface area contributed by atoms with Gasteiger partial charge in [0.1, 0.15) is 16.9 Å². The molecule has 2 N–H and O–H groups in total. The third-order valence-corrected chi connectivity index (χ3v) is 6.83. The number of rotatable bonds is 3. The van der Waals surface area contributed by atoms with Gasteiger partial charge < -0.3 is 5.73 Å². The van der Waals surface area contributed by atoms with Gasteiger partial charge in [-0.15, -0.1) is 21.5 Å². The van der Waals surface area contributed by atoms with Crippen molar-refractivity contribution in [1.29, 1.82) is 0 Å². The minimum atomic E-state index is -0.253. The maximum Gasteiger partial charge on any atom is 0.163 e. The van der Waals surface area contributed by atoms with Gasteiger partial charge in [-0.2, -0.15) is 0 Å². The van der Waals surface area contributed by atoms with E-state index in [0.717, 1.165) is 33.5 Å². The van der Waals surface area contributed by atoms with E-state index in [0.29, 0.717) is 11.4 Å². The zero-order valence-corrected chi connectivity index (χ0v) is 18.9. The van der Waals surface area contributed by atoms with E-state index < -0.39 is 0 Å². The van der Waals surface area contributed by atoms with Crippen LogP contribution >= 0.6 is 46.1 Å². The van der Waals surface area contributed by atoms with Crippen LogP contribution in [0.4, 0.5) is 0 Å². The Morgan fingerprint density at radius 2 is 1.93 bits per heavy atom. The number of aryl methyl sites for hydroxylation is 2. The van der Waals surface area contributed by atoms with E-state index in [1.165, 1.54) is 14.0 Å². The molecule has 3 aromatic rings. The highest BCUT2D eigenvalue weighted by molar-refractivity contribution is 14.1. The van der Waals surface area contributed by atoms with Gasteiger partial charge in [0, 0.05) is 26.0 Å². The summed E-state index contributed by atoms with van der Waals surface area (Å²) in [5.74, 6) is 1.64. The lowest BCUT2D eigenvalue weighted by Gasteiger charge is -2.12. The lowest BCUT2D eigenvalue weighted by molar-refractivity contribution is 0.687. The molecule has 0 spiro atoms. The second kappa shape index (κ2) is 7.06. The standard InChI is InChI=1S/C19H18IN5S2/c1-9-10(2)27-19-16(9)17(12-4-6-13(20)7-5-12)22-14(8-15(21)26)18-24-23-11(3)25(18)19/h4-7,14H,8H2,1-3H3,(H2,21,26)/t14-/m0/s1. The Balaban J connectivity index is 2.04. The fraction of sp³-hybridized carbons (Fsp3) is 0.263. The summed E-state index contributed by atoms with van der Waals surface area (Å²) in [5.41, 5.74) is 10.3. The zero-order chi connectivity index (χ0) is 19.3. The van der Waals surface area contributed by atoms with Crippen molar-refractivity contribution >= 4 is 56.8 Å². The summed E-state index contributed by atoms with van der Waals surface area (Å²) in [6.45, 7) is 6.27. The molecule has 2 aromatic heterocycles. The van der Waals surface area contributed by atoms with Gasteiger partial charge in [-0.1, -0.05) is 24.4 Å². The molecule has 0 saturated heterocycles. The van der Waals surface area contributed by atoms with Crippen molar-refractivity contribution in [3.63, 3.8) is 0 Å². The number of fused-ring (bicyclic) bond motifs is 3. The van der Waals surface area contributed by atoms with Crippen molar-refractivity contribution in [3.8, 4) is 5.00 Å². The maximum atomic E-state index is 5.88. The average Bonchev–Trinajstić information content (AvgIpc) is 3.08. The average molecular weight is 507 g/mol. The fourth-order valence-corrected chi connectivity index (χ4v) is 5.05. The number of nitrogens with zero attached hydrogens (tertiary/aromatic N) is 4. The SMILES string of the molecule is Cc1sc2c(c1C)C(c1ccc(I)cc1)=N[C@@H](CC(N)=S)c1nnc(C)n1-2. The second-order valence-corrected chi connectivity index (χ2v) is 9.55. The first-order valence-corrected chi connectivity index (χ1v) is 10.8. The smallest absolute Gasteiger partial charge is 0.163 e. The van der Waals surface area contributed by atoms with Crippen LogP contribution in [0, 0.1) is 24.3 Å². The summed E-state index contributed by atoms with van der Waals surface area (Å²) >= 11 is 9.26. The normalized spacial score (nSPS) is 15.7. The van der Waals surface area contributed by atoms with Crippen LogP contribution in [-0.4, -0.2) is 25.5 Å². The van der Waals surface area contributed by atoms with Crippen LogP contribution in [0.5, 0.6) is 0 Å². The lowest BCUT2D eigenvalue weighted by atomic mass is 10.00. The van der Waals surface area contributed by atoms with E-state index in [4.69, 9.17) is 22.9 Å². The molecule has 0 radical (unpaired) electrons. The summed E-state index contributed by atoms with van der Waals surface area (Å²) in [5, 5.41) is 9.85. The third-order valence-electron chi connectivity index (χ3n) is 4.75. The summed E-state index contributed by atoms with van der Waals surface area (Å²) in [7, 11) is 0. The molecule has 5 nitrogen and oxygen atoms in total. The molecule has 1 aliphatic heterocycles. The van der Waals surface area contributed by atoms with Crippen LogP contribution in [-0.2, 0) is 0 Å². The first kappa shape index (κ1) is 18.7.